The van der Waals surface area contributed by atoms with Gasteiger partial charge in [0.2, 0.25) is 5.91 Å². The van der Waals surface area contributed by atoms with E-state index in [9.17, 15) is 14.4 Å². The fourth-order valence-electron chi connectivity index (χ4n) is 2.94. The summed E-state index contributed by atoms with van der Waals surface area (Å²) >= 11 is 0. The van der Waals surface area contributed by atoms with E-state index >= 15 is 0 Å². The fraction of sp³-hybridized carbons (Fsp3) is 0.500. The van der Waals surface area contributed by atoms with Crippen molar-refractivity contribution in [1.82, 2.24) is 10.2 Å². The van der Waals surface area contributed by atoms with Crippen LogP contribution in [0, 0.1) is 0 Å². The molecule has 4 amide bonds. The molecule has 24 heavy (non-hydrogen) atoms. The van der Waals surface area contributed by atoms with Crippen LogP contribution in [-0.4, -0.2) is 35.3 Å². The van der Waals surface area contributed by atoms with Gasteiger partial charge in [-0.15, -0.1) is 0 Å². The van der Waals surface area contributed by atoms with Gasteiger partial charge in [-0.25, -0.2) is 4.79 Å². The summed E-state index contributed by atoms with van der Waals surface area (Å²) in [6, 6.07) is 4.91. The molecule has 0 radical (unpaired) electrons. The van der Waals surface area contributed by atoms with Gasteiger partial charge in [0.05, 0.1) is 0 Å². The average molecular weight is 331 g/mol. The van der Waals surface area contributed by atoms with E-state index in [1.165, 1.54) is 0 Å². The second-order valence-electron chi connectivity index (χ2n) is 5.92. The van der Waals surface area contributed by atoms with Crippen molar-refractivity contribution >= 4 is 23.5 Å². The number of rotatable bonds is 7. The molecule has 1 aromatic carbocycles. The van der Waals surface area contributed by atoms with Crippen molar-refractivity contribution in [2.45, 2.75) is 52.5 Å². The number of amides is 4. The average Bonchev–Trinajstić information content (AvgIpc) is 2.83. The molecular formula is C18H25N3O3. The van der Waals surface area contributed by atoms with Gasteiger partial charge >= 0.3 is 6.03 Å². The number of para-hydroxylation sites is 1. The molecule has 6 heteroatoms. The Morgan fingerprint density at radius 3 is 2.33 bits per heavy atom. The number of imide groups is 1. The third-order valence-electron chi connectivity index (χ3n) is 4.25. The molecule has 6 nitrogen and oxygen atoms in total. The zero-order valence-electron chi connectivity index (χ0n) is 14.5. The summed E-state index contributed by atoms with van der Waals surface area (Å²) in [5.74, 6) is -0.678. The van der Waals surface area contributed by atoms with Gasteiger partial charge in [-0.1, -0.05) is 45.4 Å². The van der Waals surface area contributed by atoms with E-state index in [2.05, 4.69) is 10.6 Å². The molecule has 1 heterocycles. The molecule has 1 saturated heterocycles. The number of benzene rings is 1. The molecule has 1 aliphatic heterocycles. The number of nitrogens with zero attached hydrogens (tertiary/aromatic N) is 1. The number of anilines is 1. The molecule has 2 N–H and O–H groups in total. The minimum absolute atomic E-state index is 0.258. The molecule has 130 valence electrons. The predicted octanol–water partition coefficient (Wildman–Crippen LogP) is 2.47. The van der Waals surface area contributed by atoms with Crippen LogP contribution >= 0.6 is 0 Å². The van der Waals surface area contributed by atoms with Gasteiger partial charge in [0.15, 0.2) is 0 Å². The van der Waals surface area contributed by atoms with Crippen molar-refractivity contribution < 1.29 is 14.4 Å². The third-order valence-corrected chi connectivity index (χ3v) is 4.25. The number of aryl methyl sites for hydroxylation is 2. The number of nitrogens with one attached hydrogen (secondary N) is 2. The maximum atomic E-state index is 12.4. The van der Waals surface area contributed by atoms with Crippen LogP contribution in [0.2, 0.25) is 0 Å². The second kappa shape index (κ2) is 7.95. The summed E-state index contributed by atoms with van der Waals surface area (Å²) in [7, 11) is 0. The first-order chi connectivity index (χ1) is 11.5. The molecule has 0 bridgehead atoms. The van der Waals surface area contributed by atoms with Crippen LogP contribution in [0.1, 0.15) is 44.7 Å². The van der Waals surface area contributed by atoms with Crippen molar-refractivity contribution in [3.63, 3.8) is 0 Å². The van der Waals surface area contributed by atoms with Crippen molar-refractivity contribution in [2.24, 2.45) is 0 Å². The fourth-order valence-corrected chi connectivity index (χ4v) is 2.94. The maximum absolute atomic E-state index is 12.4. The van der Waals surface area contributed by atoms with Crippen LogP contribution < -0.4 is 10.6 Å². The van der Waals surface area contributed by atoms with E-state index < -0.39 is 12.1 Å². The molecule has 1 fully saturated rings. The molecule has 1 atom stereocenters. The van der Waals surface area contributed by atoms with Crippen LogP contribution in [0.5, 0.6) is 0 Å². The molecule has 1 aromatic rings. The van der Waals surface area contributed by atoms with Gasteiger partial charge in [0.1, 0.15) is 12.6 Å². The van der Waals surface area contributed by atoms with E-state index in [4.69, 9.17) is 0 Å². The molecule has 0 aromatic heterocycles. The molecular weight excluding hydrogens is 306 g/mol. The highest BCUT2D eigenvalue weighted by Crippen LogP contribution is 2.22. The van der Waals surface area contributed by atoms with Crippen LogP contribution in [0.15, 0.2) is 18.2 Å². The van der Waals surface area contributed by atoms with Crippen molar-refractivity contribution in [3.05, 3.63) is 29.3 Å². The first kappa shape index (κ1) is 18.0. The van der Waals surface area contributed by atoms with Crippen LogP contribution in [0.25, 0.3) is 0 Å². The lowest BCUT2D eigenvalue weighted by Gasteiger charge is -2.17. The molecule has 2 rings (SSSR count). The Balaban J connectivity index is 2.09. The summed E-state index contributed by atoms with van der Waals surface area (Å²) in [6.07, 6.45) is 2.97. The lowest BCUT2D eigenvalue weighted by molar-refractivity contribution is -0.130. The van der Waals surface area contributed by atoms with Gasteiger partial charge in [0, 0.05) is 5.69 Å². The Kier molecular flexibility index (Phi) is 5.95. The van der Waals surface area contributed by atoms with E-state index in [0.717, 1.165) is 41.0 Å². The molecule has 0 spiro atoms. The topological polar surface area (TPSA) is 78.5 Å². The summed E-state index contributed by atoms with van der Waals surface area (Å²) < 4.78 is 0. The number of carbonyl (C=O) groups is 3. The Hall–Kier alpha value is -2.37. The number of hydrogen-bond donors (Lipinski definition) is 2. The van der Waals surface area contributed by atoms with E-state index in [1.54, 1.807) is 0 Å². The third kappa shape index (κ3) is 3.75. The summed E-state index contributed by atoms with van der Waals surface area (Å²) in [6.45, 7) is 5.74. The summed E-state index contributed by atoms with van der Waals surface area (Å²) in [5, 5.41) is 5.51. The highest BCUT2D eigenvalue weighted by molar-refractivity contribution is 6.08. The van der Waals surface area contributed by atoms with Crippen LogP contribution in [-0.2, 0) is 22.4 Å². The van der Waals surface area contributed by atoms with E-state index in [0.29, 0.717) is 6.42 Å². The van der Waals surface area contributed by atoms with Crippen LogP contribution in [0.4, 0.5) is 10.5 Å². The Labute approximate surface area is 142 Å². The van der Waals surface area contributed by atoms with Crippen LogP contribution in [0.3, 0.4) is 0 Å². The smallest absolute Gasteiger partial charge is 0.325 e. The highest BCUT2D eigenvalue weighted by Gasteiger charge is 2.38. The monoisotopic (exact) mass is 331 g/mol. The summed E-state index contributed by atoms with van der Waals surface area (Å²) in [4.78, 5) is 37.5. The van der Waals surface area contributed by atoms with Crippen molar-refractivity contribution in [1.29, 1.82) is 0 Å². The molecule has 1 unspecified atom stereocenters. The van der Waals surface area contributed by atoms with Crippen molar-refractivity contribution in [3.8, 4) is 0 Å². The minimum Gasteiger partial charge on any atom is -0.326 e. The standard InChI is InChI=1S/C18H25N3O3/c1-4-8-14-17(23)21(18(24)19-14)11-15(22)20-16-12(5-2)9-7-10-13(16)6-3/h7,9-10,14H,4-6,8,11H2,1-3H3,(H,19,24)(H,20,22). The Bertz CT molecular complexity index is 620. The maximum Gasteiger partial charge on any atom is 0.325 e. The van der Waals surface area contributed by atoms with Crippen molar-refractivity contribution in [2.75, 3.05) is 11.9 Å². The van der Waals surface area contributed by atoms with Gasteiger partial charge in [-0.2, -0.15) is 0 Å². The molecule has 1 aliphatic rings. The van der Waals surface area contributed by atoms with Gasteiger partial charge in [0.25, 0.3) is 5.91 Å². The van der Waals surface area contributed by atoms with E-state index in [-0.39, 0.29) is 18.4 Å². The van der Waals surface area contributed by atoms with E-state index in [1.807, 2.05) is 39.0 Å². The SMILES string of the molecule is CCCC1NC(=O)N(CC(=O)Nc2c(CC)cccc2CC)C1=O. The first-order valence-electron chi connectivity index (χ1n) is 8.54. The largest absolute Gasteiger partial charge is 0.326 e. The first-order valence-corrected chi connectivity index (χ1v) is 8.54. The molecule has 0 saturated carbocycles. The summed E-state index contributed by atoms with van der Waals surface area (Å²) in [5.41, 5.74) is 2.89. The lowest BCUT2D eigenvalue weighted by Crippen LogP contribution is -2.38. The highest BCUT2D eigenvalue weighted by atomic mass is 16.2. The predicted molar refractivity (Wildman–Crippen MR) is 92.8 cm³/mol. The van der Waals surface area contributed by atoms with Gasteiger partial charge in [-0.3, -0.25) is 14.5 Å². The second-order valence-corrected chi connectivity index (χ2v) is 5.92. The zero-order chi connectivity index (χ0) is 17.7. The Morgan fingerprint density at radius 1 is 1.17 bits per heavy atom. The van der Waals surface area contributed by atoms with Gasteiger partial charge < -0.3 is 10.6 Å². The minimum atomic E-state index is -0.510. The zero-order valence-corrected chi connectivity index (χ0v) is 14.5. The number of hydrogen-bond acceptors (Lipinski definition) is 3. The quantitative estimate of drug-likeness (QED) is 0.753. The normalized spacial score (nSPS) is 17.1. The number of carbonyl (C=O) groups excluding carboxylic acids is 3. The lowest BCUT2D eigenvalue weighted by atomic mass is 10.0. The molecule has 0 aliphatic carbocycles. The number of urea groups is 1. The Morgan fingerprint density at radius 2 is 1.79 bits per heavy atom. The van der Waals surface area contributed by atoms with Gasteiger partial charge in [-0.05, 0) is 30.4 Å².